The smallest absolute Gasteiger partial charge is 0.214 e. The highest BCUT2D eigenvalue weighted by atomic mass is 32.2. The Morgan fingerprint density at radius 1 is 1.15 bits per heavy atom. The molecule has 4 rings (SSSR count). The van der Waals surface area contributed by atoms with Crippen molar-refractivity contribution < 1.29 is 18.3 Å². The van der Waals surface area contributed by atoms with E-state index in [1.165, 1.54) is 28.9 Å². The van der Waals surface area contributed by atoms with Gasteiger partial charge in [0, 0.05) is 23.8 Å². The number of carbonyl (C=O) groups excluding carboxylic acids is 1. The number of aromatic amines is 1. The molecule has 1 unspecified atom stereocenters. The lowest BCUT2D eigenvalue weighted by molar-refractivity contribution is 0.103. The molecule has 2 aromatic heterocycles. The maximum absolute atomic E-state index is 14.0. The van der Waals surface area contributed by atoms with Crippen LogP contribution >= 0.6 is 11.9 Å². The number of aryl methyl sites for hydroxylation is 3. The lowest BCUT2D eigenvalue weighted by Crippen LogP contribution is -2.33. The number of allylic oxidation sites excluding steroid dienone is 2. The first-order valence-corrected chi connectivity index (χ1v) is 13.3. The Hall–Kier alpha value is -4.25. The van der Waals surface area contributed by atoms with Crippen molar-refractivity contribution in [1.29, 1.82) is 0 Å². The van der Waals surface area contributed by atoms with Crippen molar-refractivity contribution in [3.63, 3.8) is 0 Å². The number of dihydropyridines is 1. The van der Waals surface area contributed by atoms with Crippen molar-refractivity contribution in [3.8, 4) is 5.75 Å². The Morgan fingerprint density at radius 3 is 2.54 bits per heavy atom. The van der Waals surface area contributed by atoms with Crippen molar-refractivity contribution in [2.75, 3.05) is 16.7 Å². The van der Waals surface area contributed by atoms with Crippen LogP contribution in [-0.2, 0) is 0 Å². The van der Waals surface area contributed by atoms with Gasteiger partial charge in [0.05, 0.1) is 23.2 Å². The molecule has 11 heteroatoms. The second kappa shape index (κ2) is 11.6. The van der Waals surface area contributed by atoms with Crippen molar-refractivity contribution in [3.05, 3.63) is 100 Å². The van der Waals surface area contributed by atoms with Crippen LogP contribution in [0.4, 0.5) is 20.3 Å². The van der Waals surface area contributed by atoms with Crippen LogP contribution in [0.3, 0.4) is 0 Å². The van der Waals surface area contributed by atoms with Gasteiger partial charge in [0.25, 0.3) is 0 Å². The Kier molecular flexibility index (Phi) is 8.29. The van der Waals surface area contributed by atoms with Crippen LogP contribution in [0.5, 0.6) is 5.75 Å². The molecule has 1 aliphatic heterocycles. The van der Waals surface area contributed by atoms with Gasteiger partial charge in [-0.3, -0.25) is 4.79 Å². The average molecular weight is 553 g/mol. The molecule has 5 N–H and O–H groups in total. The SMILES string of the molecule is CSNc1cc(C)[nH]c(C(=O)c2cnn(C3=CNC(Oc4c(F)cccc4F)C=C3C)c2N)cc(C)cc1C. The van der Waals surface area contributed by atoms with Crippen molar-refractivity contribution in [2.45, 2.75) is 33.9 Å². The van der Waals surface area contributed by atoms with Gasteiger partial charge in [0.15, 0.2) is 23.6 Å². The summed E-state index contributed by atoms with van der Waals surface area (Å²) in [5.74, 6) is -2.26. The highest BCUT2D eigenvalue weighted by molar-refractivity contribution is 7.99. The molecular formula is C28H30F2N6O2S. The van der Waals surface area contributed by atoms with Gasteiger partial charge in [-0.2, -0.15) is 5.10 Å². The Balaban J connectivity index is 1.63. The maximum atomic E-state index is 14.0. The van der Waals surface area contributed by atoms with E-state index in [1.54, 1.807) is 25.3 Å². The number of H-pyrrole nitrogens is 1. The molecule has 204 valence electrons. The van der Waals surface area contributed by atoms with Crippen molar-refractivity contribution in [2.24, 2.45) is 0 Å². The number of rotatable bonds is 7. The minimum Gasteiger partial charge on any atom is -0.461 e. The molecule has 0 saturated heterocycles. The molecule has 0 fully saturated rings. The standard InChI is InChI=1S/C28H30F2N6O2S/c1-15-9-16(2)22(35-39-5)12-18(4)34-23(10-15)26(37)19-13-33-36(28(19)31)24-14-32-25(11-17(24)3)38-27-20(29)7-6-8-21(27)30/h6-14,25,32,34-35H,31H2,1-5H3. The molecule has 1 aromatic carbocycles. The number of nitrogens with two attached hydrogens (primary N) is 1. The number of halogens is 2. The molecule has 3 heterocycles. The lowest BCUT2D eigenvalue weighted by atomic mass is 10.1. The van der Waals surface area contributed by atoms with E-state index in [-0.39, 0.29) is 17.2 Å². The number of anilines is 2. The van der Waals surface area contributed by atoms with Crippen LogP contribution in [-0.4, -0.2) is 33.0 Å². The molecule has 0 radical (unpaired) electrons. The summed E-state index contributed by atoms with van der Waals surface area (Å²) in [4.78, 5) is 16.8. The lowest BCUT2D eigenvalue weighted by Gasteiger charge is -2.23. The minimum absolute atomic E-state index is 0.144. The van der Waals surface area contributed by atoms with Crippen LogP contribution < -0.4 is 20.5 Å². The predicted molar refractivity (Wildman–Crippen MR) is 152 cm³/mol. The molecule has 39 heavy (non-hydrogen) atoms. The van der Waals surface area contributed by atoms with E-state index < -0.39 is 23.6 Å². The third-order valence-corrected chi connectivity index (χ3v) is 6.45. The van der Waals surface area contributed by atoms with Crippen LogP contribution in [0.15, 0.2) is 60.4 Å². The first kappa shape index (κ1) is 27.8. The van der Waals surface area contributed by atoms with Gasteiger partial charge in [0.2, 0.25) is 5.78 Å². The number of ether oxygens (including phenoxy) is 1. The van der Waals surface area contributed by atoms with Gasteiger partial charge in [-0.05, 0) is 74.7 Å². The first-order chi connectivity index (χ1) is 18.6. The number of hydrogen-bond acceptors (Lipinski definition) is 7. The number of nitrogens with zero attached hydrogens (tertiary/aromatic N) is 2. The number of hydrogen-bond donors (Lipinski definition) is 4. The van der Waals surface area contributed by atoms with E-state index in [1.807, 2.05) is 39.2 Å². The number of nitrogens with one attached hydrogen (secondary N) is 3. The van der Waals surface area contributed by atoms with Gasteiger partial charge in [-0.15, -0.1) is 0 Å². The molecule has 1 aliphatic rings. The summed E-state index contributed by atoms with van der Waals surface area (Å²) in [6, 6.07) is 9.22. The normalized spacial score (nSPS) is 14.6. The fourth-order valence-corrected chi connectivity index (χ4v) is 4.61. The summed E-state index contributed by atoms with van der Waals surface area (Å²) in [6.45, 7) is 7.57. The summed E-state index contributed by atoms with van der Waals surface area (Å²) < 4.78 is 38.2. The average Bonchev–Trinajstić information content (AvgIpc) is 3.27. The number of ketones is 1. The number of para-hydroxylation sites is 1. The van der Waals surface area contributed by atoms with E-state index in [0.717, 1.165) is 34.6 Å². The Labute approximate surface area is 229 Å². The zero-order valence-electron chi connectivity index (χ0n) is 22.2. The maximum Gasteiger partial charge on any atom is 0.214 e. The fourth-order valence-electron chi connectivity index (χ4n) is 4.17. The highest BCUT2D eigenvalue weighted by Crippen LogP contribution is 2.28. The summed E-state index contributed by atoms with van der Waals surface area (Å²) in [7, 11) is 0. The van der Waals surface area contributed by atoms with Gasteiger partial charge >= 0.3 is 0 Å². The van der Waals surface area contributed by atoms with Gasteiger partial charge in [0.1, 0.15) is 5.82 Å². The summed E-state index contributed by atoms with van der Waals surface area (Å²) in [6.07, 6.45) is 5.75. The molecule has 0 amide bonds. The summed E-state index contributed by atoms with van der Waals surface area (Å²) in [5, 5.41) is 7.28. The minimum atomic E-state index is -0.821. The Morgan fingerprint density at radius 2 is 1.87 bits per heavy atom. The highest BCUT2D eigenvalue weighted by Gasteiger charge is 2.23. The topological polar surface area (TPSA) is 110 Å². The number of aromatic nitrogens is 3. The molecule has 3 aromatic rings. The largest absolute Gasteiger partial charge is 0.461 e. The van der Waals surface area contributed by atoms with Crippen LogP contribution in [0.25, 0.3) is 5.70 Å². The van der Waals surface area contributed by atoms with E-state index >= 15 is 0 Å². The second-order valence-corrected chi connectivity index (χ2v) is 9.73. The zero-order chi connectivity index (χ0) is 28.3. The predicted octanol–water partition coefficient (Wildman–Crippen LogP) is 5.80. The van der Waals surface area contributed by atoms with E-state index in [4.69, 9.17) is 10.5 Å². The van der Waals surface area contributed by atoms with Crippen molar-refractivity contribution >= 4 is 34.9 Å². The molecule has 0 bridgehead atoms. The molecule has 0 saturated carbocycles. The van der Waals surface area contributed by atoms with Gasteiger partial charge in [-0.25, -0.2) is 13.5 Å². The zero-order valence-corrected chi connectivity index (χ0v) is 23.0. The monoisotopic (exact) mass is 552 g/mol. The second-order valence-electron chi connectivity index (χ2n) is 9.12. The summed E-state index contributed by atoms with van der Waals surface area (Å²) >= 11 is 1.48. The number of carbonyl (C=O) groups is 1. The number of benzene rings is 1. The molecule has 8 nitrogen and oxygen atoms in total. The number of nitrogen functional groups attached to an aromatic ring is 1. The molecular weight excluding hydrogens is 522 g/mol. The van der Waals surface area contributed by atoms with Crippen LogP contribution in [0.1, 0.15) is 39.8 Å². The van der Waals surface area contributed by atoms with Crippen molar-refractivity contribution in [1.82, 2.24) is 20.1 Å². The van der Waals surface area contributed by atoms with Gasteiger partial charge < -0.3 is 25.5 Å². The molecule has 0 spiro atoms. The van der Waals surface area contributed by atoms with E-state index in [2.05, 4.69) is 20.1 Å². The first-order valence-electron chi connectivity index (χ1n) is 12.1. The summed E-state index contributed by atoms with van der Waals surface area (Å²) in [5.41, 5.74) is 11.8. The van der Waals surface area contributed by atoms with E-state index in [0.29, 0.717) is 17.0 Å². The molecule has 0 aliphatic carbocycles. The van der Waals surface area contributed by atoms with E-state index in [9.17, 15) is 13.6 Å². The quantitative estimate of drug-likeness (QED) is 0.217. The molecule has 1 atom stereocenters. The van der Waals surface area contributed by atoms with Crippen LogP contribution in [0, 0.1) is 32.4 Å². The van der Waals surface area contributed by atoms with Crippen LogP contribution in [0.2, 0.25) is 0 Å². The third kappa shape index (κ3) is 6.09. The third-order valence-electron chi connectivity index (χ3n) is 6.02. The fraction of sp³-hybridized carbons (Fsp3) is 0.214. The van der Waals surface area contributed by atoms with Gasteiger partial charge in [-0.1, -0.05) is 24.1 Å². The Bertz CT molecular complexity index is 1520.